The summed E-state index contributed by atoms with van der Waals surface area (Å²) >= 11 is 0. The maximum Gasteiger partial charge on any atom is 0.306 e. The molecule has 6 aromatic heterocycles. The van der Waals surface area contributed by atoms with Crippen LogP contribution in [-0.2, 0) is 19.2 Å². The number of carbonyl (C=O) groups is 6. The number of aromatic amines is 2. The van der Waals surface area contributed by atoms with Gasteiger partial charge in [-0.2, -0.15) is 0 Å². The van der Waals surface area contributed by atoms with Crippen molar-refractivity contribution < 1.29 is 43.3 Å². The van der Waals surface area contributed by atoms with Crippen molar-refractivity contribution in [2.75, 3.05) is 53.5 Å². The van der Waals surface area contributed by atoms with Crippen molar-refractivity contribution in [2.45, 2.75) is 96.3 Å². The number of H-pyrrole nitrogens is 2. The zero-order chi connectivity index (χ0) is 49.9. The fourth-order valence-corrected chi connectivity index (χ4v) is 9.92. The lowest BCUT2D eigenvalue weighted by atomic mass is 9.98. The van der Waals surface area contributed by atoms with E-state index in [1.165, 1.54) is 91.3 Å². The number of likely N-dealkylation sites (tertiary alicyclic amines) is 1. The van der Waals surface area contributed by atoms with Gasteiger partial charge in [0.1, 0.15) is 11.5 Å². The fraction of sp³-hybridized carbons (Fsp3) is 0.510. The molecule has 22 heteroatoms. The van der Waals surface area contributed by atoms with E-state index >= 15 is 0 Å². The number of carbonyl (C=O) groups excluding carboxylic acids is 5. The second kappa shape index (κ2) is 23.4. The van der Waals surface area contributed by atoms with E-state index < -0.39 is 29.4 Å². The molecule has 2 aliphatic heterocycles. The number of piperidine rings is 1. The number of ether oxygens (including phenoxy) is 2. The lowest BCUT2D eigenvalue weighted by Crippen LogP contribution is -2.53. The molecule has 3 N–H and O–H groups in total. The zero-order valence-corrected chi connectivity index (χ0v) is 40.3. The van der Waals surface area contributed by atoms with Gasteiger partial charge in [-0.3, -0.25) is 28.8 Å². The van der Waals surface area contributed by atoms with Gasteiger partial charge in [0.15, 0.2) is 11.6 Å². The highest BCUT2D eigenvalue weighted by molar-refractivity contribution is 6.46. The van der Waals surface area contributed by atoms with Gasteiger partial charge in [-0.05, 0) is 44.9 Å². The van der Waals surface area contributed by atoms with Gasteiger partial charge in [-0.15, -0.1) is 10.2 Å². The lowest BCUT2D eigenvalue weighted by Gasteiger charge is -2.36. The van der Waals surface area contributed by atoms with Gasteiger partial charge in [0.2, 0.25) is 5.91 Å². The third kappa shape index (κ3) is 11.3. The van der Waals surface area contributed by atoms with Crippen molar-refractivity contribution in [1.29, 1.82) is 0 Å². The molecule has 0 radical (unpaired) electrons. The van der Waals surface area contributed by atoms with Crippen LogP contribution in [0.25, 0.3) is 33.4 Å². The molecule has 6 aromatic rings. The van der Waals surface area contributed by atoms with Crippen molar-refractivity contribution in [1.82, 2.24) is 64.6 Å². The minimum absolute atomic E-state index is 0.0394. The molecule has 10 rings (SSSR count). The highest BCUT2D eigenvalue weighted by atomic mass is 16.5. The number of nitrogens with zero attached hydrogens (tertiary/aromatic N) is 11. The number of aromatic nitrogens is 10. The average molecular weight is 976 g/mol. The van der Waals surface area contributed by atoms with Gasteiger partial charge in [0, 0.05) is 57.6 Å². The predicted molar refractivity (Wildman–Crippen MR) is 257 cm³/mol. The summed E-state index contributed by atoms with van der Waals surface area (Å²) in [6.45, 7) is 2.83. The van der Waals surface area contributed by atoms with Crippen LogP contribution in [0, 0.1) is 11.8 Å². The Morgan fingerprint density at radius 3 is 1.37 bits per heavy atom. The van der Waals surface area contributed by atoms with Crippen LogP contribution in [0.5, 0.6) is 11.5 Å². The predicted octanol–water partition coefficient (Wildman–Crippen LogP) is 5.36. The van der Waals surface area contributed by atoms with E-state index in [4.69, 9.17) is 14.6 Å². The standard InChI is InChI=1S/C24H29N7O4.C17H18N6O3.C8H14O2/c1-35-18-15-26-22(31-9-8-27-28-31)20-19(18)17(14-25-20)21(32)24(34)30-12-10-29(11-13-30)23(33)16-6-4-2-3-5-7-16;1-26-12-10-19-16(23-8-5-20-21-23)14-13(12)11(9-18-14)15(24)17(25)22-6-3-2-4-7-22;9-8(10)7-5-3-1-2-4-6-7/h8-9,14-16,25H,2-7,10-13H2,1H3;5,8-10,18H,2-4,6-7H2,1H3;7H,1-6H2,(H,9,10). The van der Waals surface area contributed by atoms with Crippen LogP contribution in [0.15, 0.2) is 49.6 Å². The molecule has 71 heavy (non-hydrogen) atoms. The summed E-state index contributed by atoms with van der Waals surface area (Å²) in [5, 5.41) is 25.1. The second-order valence-electron chi connectivity index (χ2n) is 18.2. The molecule has 2 saturated heterocycles. The Morgan fingerprint density at radius 1 is 0.549 bits per heavy atom. The number of ketones is 2. The molecule has 376 valence electrons. The SMILES string of the molecule is COc1cnc(-n2ccnn2)c2[nH]cc(C(=O)C(=O)N3CCCCC3)c12.COc1cnc(-n2ccnn2)c2[nH]cc(C(=O)C(=O)N3CCN(C(=O)C4CCCCCC4)CC3)c12.O=C(O)C1CCCCCC1. The van der Waals surface area contributed by atoms with Crippen LogP contribution in [0.2, 0.25) is 0 Å². The van der Waals surface area contributed by atoms with Gasteiger partial charge in [0.05, 0.1) is 90.3 Å². The van der Waals surface area contributed by atoms with E-state index in [1.807, 2.05) is 4.90 Å². The summed E-state index contributed by atoms with van der Waals surface area (Å²) in [6, 6.07) is 0. The first kappa shape index (κ1) is 49.9. The van der Waals surface area contributed by atoms with E-state index in [9.17, 15) is 28.8 Å². The molecule has 2 saturated carbocycles. The summed E-state index contributed by atoms with van der Waals surface area (Å²) in [5.41, 5.74) is 1.56. The normalized spacial score (nSPS) is 17.0. The van der Waals surface area contributed by atoms with Crippen molar-refractivity contribution in [3.63, 3.8) is 0 Å². The van der Waals surface area contributed by atoms with Crippen LogP contribution in [0.3, 0.4) is 0 Å². The smallest absolute Gasteiger partial charge is 0.306 e. The molecule has 4 aliphatic rings. The molecule has 3 amide bonds. The van der Waals surface area contributed by atoms with Gasteiger partial charge >= 0.3 is 5.97 Å². The van der Waals surface area contributed by atoms with Crippen molar-refractivity contribution >= 4 is 57.1 Å². The summed E-state index contributed by atoms with van der Waals surface area (Å²) in [4.78, 5) is 95.2. The number of hydrogen-bond donors (Lipinski definition) is 3. The number of amides is 3. The molecule has 4 fully saturated rings. The Hall–Kier alpha value is -7.52. The van der Waals surface area contributed by atoms with Crippen LogP contribution in [0.1, 0.15) is 117 Å². The number of fused-ring (bicyclic) bond motifs is 2. The van der Waals surface area contributed by atoms with E-state index in [0.29, 0.717) is 84.2 Å². The number of carboxylic acid groups (broad SMARTS) is 1. The molecular weight excluding hydrogens is 915 g/mol. The number of aliphatic carboxylic acids is 1. The van der Waals surface area contributed by atoms with Crippen molar-refractivity contribution in [3.05, 3.63) is 60.7 Å². The maximum atomic E-state index is 13.3. The first-order valence-corrected chi connectivity index (χ1v) is 24.6. The van der Waals surface area contributed by atoms with E-state index in [0.717, 1.165) is 70.6 Å². The number of piperazine rings is 1. The first-order valence-electron chi connectivity index (χ1n) is 24.6. The van der Waals surface area contributed by atoms with Crippen molar-refractivity contribution in [3.8, 4) is 23.1 Å². The second-order valence-corrected chi connectivity index (χ2v) is 18.2. The monoisotopic (exact) mass is 975 g/mol. The summed E-state index contributed by atoms with van der Waals surface area (Å²) < 4.78 is 13.8. The molecule has 0 bridgehead atoms. The third-order valence-corrected chi connectivity index (χ3v) is 13.8. The maximum absolute atomic E-state index is 13.3. The third-order valence-electron chi connectivity index (χ3n) is 13.8. The highest BCUT2D eigenvalue weighted by Crippen LogP contribution is 2.34. The quantitative estimate of drug-likeness (QED) is 0.0885. The zero-order valence-electron chi connectivity index (χ0n) is 40.3. The fourth-order valence-electron chi connectivity index (χ4n) is 9.92. The molecule has 0 spiro atoms. The largest absolute Gasteiger partial charge is 0.494 e. The Kier molecular flexibility index (Phi) is 16.4. The van der Waals surface area contributed by atoms with Crippen LogP contribution in [-0.4, -0.2) is 158 Å². The minimum Gasteiger partial charge on any atom is -0.494 e. The highest BCUT2D eigenvalue weighted by Gasteiger charge is 2.34. The van der Waals surface area contributed by atoms with E-state index in [1.54, 1.807) is 17.3 Å². The van der Waals surface area contributed by atoms with Crippen LogP contribution in [0.4, 0.5) is 0 Å². The van der Waals surface area contributed by atoms with Gasteiger partial charge in [0.25, 0.3) is 23.4 Å². The number of carboxylic acids is 1. The molecule has 0 aromatic carbocycles. The van der Waals surface area contributed by atoms with Crippen molar-refractivity contribution in [2.24, 2.45) is 11.8 Å². The lowest BCUT2D eigenvalue weighted by molar-refractivity contribution is -0.142. The summed E-state index contributed by atoms with van der Waals surface area (Å²) in [5.74, 6) is -0.892. The Labute approximate surface area is 409 Å². The van der Waals surface area contributed by atoms with E-state index in [2.05, 4.69) is 40.6 Å². The van der Waals surface area contributed by atoms with Gasteiger partial charge < -0.3 is 39.2 Å². The van der Waals surface area contributed by atoms with Crippen LogP contribution >= 0.6 is 0 Å². The Morgan fingerprint density at radius 2 is 0.958 bits per heavy atom. The number of rotatable bonds is 10. The average Bonchev–Trinajstić information content (AvgIpc) is 4.24. The number of pyridine rings is 2. The topological polar surface area (TPSA) is 270 Å². The first-order chi connectivity index (χ1) is 34.6. The Bertz CT molecular complexity index is 2790. The molecule has 0 unspecified atom stereocenters. The molecule has 0 atom stereocenters. The summed E-state index contributed by atoms with van der Waals surface area (Å²) in [7, 11) is 2.98. The summed E-state index contributed by atoms with van der Waals surface area (Å²) in [6.07, 6.45) is 28.3. The number of methoxy groups -OCH3 is 2. The molecular formula is C49H61N13O9. The minimum atomic E-state index is -0.631. The molecule has 8 heterocycles. The number of Topliss-reactive ketones (excluding diaryl/α,β-unsaturated/α-hetero) is 2. The molecule has 22 nitrogen and oxygen atoms in total. The Balaban J connectivity index is 0.000000164. The van der Waals surface area contributed by atoms with Crippen LogP contribution < -0.4 is 9.47 Å². The van der Waals surface area contributed by atoms with Gasteiger partial charge in [-0.25, -0.2) is 19.3 Å². The number of nitrogens with one attached hydrogen (secondary N) is 2. The molecule has 2 aliphatic carbocycles. The van der Waals surface area contributed by atoms with Gasteiger partial charge in [-0.1, -0.05) is 61.8 Å². The van der Waals surface area contributed by atoms with E-state index in [-0.39, 0.29) is 28.9 Å². The number of hydrogen-bond acceptors (Lipinski definition) is 14.